The summed E-state index contributed by atoms with van der Waals surface area (Å²) in [5.74, 6) is 0.581. The van der Waals surface area contributed by atoms with Gasteiger partial charge in [0, 0.05) is 11.0 Å². The second-order valence-corrected chi connectivity index (χ2v) is 4.08. The highest BCUT2D eigenvalue weighted by Crippen LogP contribution is 2.23. The number of nitrogens with zero attached hydrogens (tertiary/aromatic N) is 1. The molecule has 1 unspecified atom stereocenters. The maximum absolute atomic E-state index is 9.01. The van der Waals surface area contributed by atoms with Crippen molar-refractivity contribution in [2.24, 2.45) is 5.92 Å². The largest absolute Gasteiger partial charge is 0.394 e. The molecule has 2 nitrogen and oxygen atoms in total. The first-order valence-corrected chi connectivity index (χ1v) is 4.62. The lowest BCUT2D eigenvalue weighted by Crippen LogP contribution is -2.40. The van der Waals surface area contributed by atoms with Crippen LogP contribution in [-0.4, -0.2) is 36.2 Å². The van der Waals surface area contributed by atoms with Crippen LogP contribution in [0.15, 0.2) is 10.6 Å². The summed E-state index contributed by atoms with van der Waals surface area (Å²) in [7, 11) is 2.03. The molecule has 11 heavy (non-hydrogen) atoms. The summed E-state index contributed by atoms with van der Waals surface area (Å²) in [5, 5.41) is 9.01. The standard InChI is InChI=1S/C8H14BrNO/c1-6-3-7(9)8(5-11)10(2)4-6/h3,6,8,11H,4-5H2,1-2H3/t6-,8?/m1/s1. The van der Waals surface area contributed by atoms with E-state index in [9.17, 15) is 0 Å². The third kappa shape index (κ3) is 2.04. The van der Waals surface area contributed by atoms with Gasteiger partial charge in [0.15, 0.2) is 0 Å². The molecule has 1 aliphatic heterocycles. The van der Waals surface area contributed by atoms with Gasteiger partial charge in [0.2, 0.25) is 0 Å². The predicted octanol–water partition coefficient (Wildman–Crippen LogP) is 1.21. The Hall–Kier alpha value is 0.140. The van der Waals surface area contributed by atoms with E-state index < -0.39 is 0 Å². The fourth-order valence-electron chi connectivity index (χ4n) is 1.45. The molecule has 0 saturated heterocycles. The lowest BCUT2D eigenvalue weighted by molar-refractivity contribution is 0.158. The van der Waals surface area contributed by atoms with Gasteiger partial charge in [-0.3, -0.25) is 4.90 Å². The molecule has 0 radical (unpaired) electrons. The molecular formula is C8H14BrNO. The molecule has 1 N–H and O–H groups in total. The molecule has 0 fully saturated rings. The maximum Gasteiger partial charge on any atom is 0.0641 e. The van der Waals surface area contributed by atoms with Gasteiger partial charge in [-0.15, -0.1) is 0 Å². The number of hydrogen-bond donors (Lipinski definition) is 1. The van der Waals surface area contributed by atoms with Gasteiger partial charge in [-0.05, 0) is 13.0 Å². The summed E-state index contributed by atoms with van der Waals surface area (Å²) in [6, 6.07) is 0.172. The molecule has 0 aromatic rings. The number of aliphatic hydroxyl groups excluding tert-OH is 1. The molecule has 0 spiro atoms. The molecule has 0 aliphatic carbocycles. The van der Waals surface area contributed by atoms with Crippen molar-refractivity contribution in [3.8, 4) is 0 Å². The van der Waals surface area contributed by atoms with Crippen LogP contribution in [0.2, 0.25) is 0 Å². The van der Waals surface area contributed by atoms with Crippen molar-refractivity contribution in [1.82, 2.24) is 4.90 Å². The Morgan fingerprint density at radius 1 is 1.82 bits per heavy atom. The average molecular weight is 220 g/mol. The first-order valence-electron chi connectivity index (χ1n) is 3.83. The molecule has 0 aromatic heterocycles. The van der Waals surface area contributed by atoms with E-state index in [4.69, 9.17) is 5.11 Å². The van der Waals surface area contributed by atoms with E-state index in [1.807, 2.05) is 7.05 Å². The second-order valence-electron chi connectivity index (χ2n) is 3.17. The first-order chi connectivity index (χ1) is 5.15. The lowest BCUT2D eigenvalue weighted by atomic mass is 10.0. The molecular weight excluding hydrogens is 206 g/mol. The number of aliphatic hydroxyl groups is 1. The van der Waals surface area contributed by atoms with Crippen molar-refractivity contribution in [2.75, 3.05) is 20.2 Å². The maximum atomic E-state index is 9.01. The summed E-state index contributed by atoms with van der Waals surface area (Å²) in [6.45, 7) is 3.39. The summed E-state index contributed by atoms with van der Waals surface area (Å²) in [5.41, 5.74) is 0. The van der Waals surface area contributed by atoms with Crippen molar-refractivity contribution in [3.63, 3.8) is 0 Å². The average Bonchev–Trinajstić information content (AvgIpc) is 1.85. The van der Waals surface area contributed by atoms with Gasteiger partial charge in [0.25, 0.3) is 0 Å². The van der Waals surface area contributed by atoms with E-state index in [0.717, 1.165) is 11.0 Å². The Kier molecular flexibility index (Phi) is 3.10. The SMILES string of the molecule is C[C@@H]1C=C(Br)C(CO)N(C)C1. The van der Waals surface area contributed by atoms with Crippen molar-refractivity contribution >= 4 is 15.9 Å². The third-order valence-corrected chi connectivity index (χ3v) is 2.84. The van der Waals surface area contributed by atoms with Crippen molar-refractivity contribution < 1.29 is 5.11 Å². The van der Waals surface area contributed by atoms with E-state index in [1.54, 1.807) is 0 Å². The molecule has 3 heteroatoms. The van der Waals surface area contributed by atoms with Crippen LogP contribution in [0.25, 0.3) is 0 Å². The minimum Gasteiger partial charge on any atom is -0.394 e. The van der Waals surface area contributed by atoms with Crippen LogP contribution in [0.3, 0.4) is 0 Å². The Bertz CT molecular complexity index is 169. The summed E-state index contributed by atoms with van der Waals surface area (Å²) < 4.78 is 1.11. The second kappa shape index (κ2) is 3.70. The Morgan fingerprint density at radius 2 is 2.45 bits per heavy atom. The smallest absolute Gasteiger partial charge is 0.0641 e. The molecule has 0 bridgehead atoms. The van der Waals surface area contributed by atoms with Gasteiger partial charge in [-0.25, -0.2) is 0 Å². The Labute approximate surface area is 76.0 Å². The van der Waals surface area contributed by atoms with E-state index in [-0.39, 0.29) is 12.6 Å². The number of hydrogen-bond acceptors (Lipinski definition) is 2. The number of rotatable bonds is 1. The van der Waals surface area contributed by atoms with Crippen LogP contribution >= 0.6 is 15.9 Å². The van der Waals surface area contributed by atoms with Crippen LogP contribution in [0, 0.1) is 5.92 Å². The molecule has 1 heterocycles. The van der Waals surface area contributed by atoms with Gasteiger partial charge in [0.1, 0.15) is 0 Å². The van der Waals surface area contributed by atoms with Crippen LogP contribution < -0.4 is 0 Å². The van der Waals surface area contributed by atoms with Crippen LogP contribution in [0.1, 0.15) is 6.92 Å². The van der Waals surface area contributed by atoms with E-state index in [1.165, 1.54) is 0 Å². The number of likely N-dealkylation sites (N-methyl/N-ethyl adjacent to an activating group) is 1. The van der Waals surface area contributed by atoms with Gasteiger partial charge in [-0.1, -0.05) is 28.9 Å². The van der Waals surface area contributed by atoms with E-state index in [2.05, 4.69) is 33.8 Å². The van der Waals surface area contributed by atoms with Gasteiger partial charge >= 0.3 is 0 Å². The summed E-state index contributed by atoms with van der Waals surface area (Å²) in [6.07, 6.45) is 2.17. The first kappa shape index (κ1) is 9.23. The van der Waals surface area contributed by atoms with Crippen molar-refractivity contribution in [3.05, 3.63) is 10.6 Å². The van der Waals surface area contributed by atoms with Crippen molar-refractivity contribution in [1.29, 1.82) is 0 Å². The molecule has 0 saturated carbocycles. The Morgan fingerprint density at radius 3 is 2.91 bits per heavy atom. The van der Waals surface area contributed by atoms with Gasteiger partial charge in [-0.2, -0.15) is 0 Å². The highest BCUT2D eigenvalue weighted by Gasteiger charge is 2.22. The van der Waals surface area contributed by atoms with Crippen LogP contribution in [0.5, 0.6) is 0 Å². The monoisotopic (exact) mass is 219 g/mol. The zero-order valence-electron chi connectivity index (χ0n) is 6.92. The summed E-state index contributed by atoms with van der Waals surface area (Å²) >= 11 is 3.46. The predicted molar refractivity (Wildman–Crippen MR) is 49.7 cm³/mol. The minimum atomic E-state index is 0.172. The van der Waals surface area contributed by atoms with E-state index in [0.29, 0.717) is 5.92 Å². The summed E-state index contributed by atoms with van der Waals surface area (Å²) in [4.78, 5) is 2.16. The molecule has 1 aliphatic rings. The molecule has 2 atom stereocenters. The van der Waals surface area contributed by atoms with E-state index >= 15 is 0 Å². The zero-order chi connectivity index (χ0) is 8.43. The fraction of sp³-hybridized carbons (Fsp3) is 0.750. The van der Waals surface area contributed by atoms with Gasteiger partial charge < -0.3 is 5.11 Å². The van der Waals surface area contributed by atoms with Crippen molar-refractivity contribution in [2.45, 2.75) is 13.0 Å². The third-order valence-electron chi connectivity index (χ3n) is 2.04. The fourth-order valence-corrected chi connectivity index (χ4v) is 2.40. The molecule has 1 rings (SSSR count). The lowest BCUT2D eigenvalue weighted by Gasteiger charge is -2.32. The highest BCUT2D eigenvalue weighted by atomic mass is 79.9. The van der Waals surface area contributed by atoms with Crippen LogP contribution in [0.4, 0.5) is 0 Å². The molecule has 0 aromatic carbocycles. The number of halogens is 1. The van der Waals surface area contributed by atoms with Crippen LogP contribution in [-0.2, 0) is 0 Å². The Balaban J connectivity index is 2.71. The quantitative estimate of drug-likeness (QED) is 0.717. The zero-order valence-corrected chi connectivity index (χ0v) is 8.50. The topological polar surface area (TPSA) is 23.5 Å². The van der Waals surface area contributed by atoms with Gasteiger partial charge in [0.05, 0.1) is 12.6 Å². The normalized spacial score (nSPS) is 33.6. The molecule has 0 amide bonds. The molecule has 64 valence electrons. The minimum absolute atomic E-state index is 0.172. The highest BCUT2D eigenvalue weighted by molar-refractivity contribution is 9.11.